The van der Waals surface area contributed by atoms with Gasteiger partial charge in [0.1, 0.15) is 0 Å². The number of carbonyl (C=O) groups is 2. The van der Waals surface area contributed by atoms with Crippen molar-refractivity contribution >= 4 is 22.8 Å². The number of morpholine rings is 1. The zero-order chi connectivity index (χ0) is 20.1. The summed E-state index contributed by atoms with van der Waals surface area (Å²) in [6.07, 6.45) is 1.76. The van der Waals surface area contributed by atoms with Crippen molar-refractivity contribution in [3.8, 4) is 0 Å². The lowest BCUT2D eigenvalue weighted by atomic mass is 10.1. The molecule has 1 aromatic heterocycles. The summed E-state index contributed by atoms with van der Waals surface area (Å²) in [6.45, 7) is 2.02. The van der Waals surface area contributed by atoms with Crippen molar-refractivity contribution in [2.24, 2.45) is 0 Å². The Morgan fingerprint density at radius 2 is 1.76 bits per heavy atom. The maximum absolute atomic E-state index is 13.0. The van der Waals surface area contributed by atoms with Gasteiger partial charge in [0.2, 0.25) is 6.10 Å². The van der Waals surface area contributed by atoms with Gasteiger partial charge < -0.3 is 19.4 Å². The number of aromatic nitrogens is 1. The van der Waals surface area contributed by atoms with Gasteiger partial charge in [0, 0.05) is 42.2 Å². The minimum Gasteiger partial charge on any atom is -0.447 e. The third kappa shape index (κ3) is 4.49. The summed E-state index contributed by atoms with van der Waals surface area (Å²) in [5.74, 6) is -0.578. The van der Waals surface area contributed by atoms with E-state index in [-0.39, 0.29) is 18.3 Å². The number of aromatic amines is 1. The standard InChI is InChI=1S/C23H24N2O4/c26-21(11-10-18-16-24-20-9-5-4-8-19(18)20)29-22(17-6-2-1-3-7-17)23(27)25-12-14-28-15-13-25/h1-9,16,22,24H,10-15H2/t22-/m1/s1. The Morgan fingerprint density at radius 3 is 2.55 bits per heavy atom. The Hall–Kier alpha value is -3.12. The van der Waals surface area contributed by atoms with Crippen LogP contribution in [0.15, 0.2) is 60.8 Å². The molecule has 6 heteroatoms. The van der Waals surface area contributed by atoms with Crippen LogP contribution in [0.2, 0.25) is 0 Å². The number of para-hydroxylation sites is 1. The molecule has 3 aromatic rings. The number of hydrogen-bond acceptors (Lipinski definition) is 4. The molecule has 2 heterocycles. The van der Waals surface area contributed by atoms with E-state index in [0.717, 1.165) is 16.5 Å². The second-order valence-electron chi connectivity index (χ2n) is 7.08. The van der Waals surface area contributed by atoms with Crippen molar-refractivity contribution < 1.29 is 19.1 Å². The molecular weight excluding hydrogens is 368 g/mol. The van der Waals surface area contributed by atoms with Gasteiger partial charge in [-0.05, 0) is 18.1 Å². The van der Waals surface area contributed by atoms with Crippen LogP contribution in [-0.4, -0.2) is 48.1 Å². The Morgan fingerprint density at radius 1 is 1.03 bits per heavy atom. The van der Waals surface area contributed by atoms with E-state index >= 15 is 0 Å². The summed E-state index contributed by atoms with van der Waals surface area (Å²) in [7, 11) is 0. The Kier molecular flexibility index (Phi) is 5.91. The van der Waals surface area contributed by atoms with Gasteiger partial charge in [0.25, 0.3) is 5.91 Å². The molecule has 1 aliphatic heterocycles. The number of nitrogens with zero attached hydrogens (tertiary/aromatic N) is 1. The highest BCUT2D eigenvalue weighted by molar-refractivity contribution is 5.86. The monoisotopic (exact) mass is 392 g/mol. The SMILES string of the molecule is O=C(CCc1c[nH]c2ccccc12)O[C@@H](C(=O)N1CCOCC1)c1ccccc1. The molecule has 1 saturated heterocycles. The molecular formula is C23H24N2O4. The first-order valence-electron chi connectivity index (χ1n) is 9.88. The summed E-state index contributed by atoms with van der Waals surface area (Å²) < 4.78 is 11.0. The number of carbonyl (C=O) groups excluding carboxylic acids is 2. The number of H-pyrrole nitrogens is 1. The number of aryl methyl sites for hydroxylation is 1. The normalized spacial score (nSPS) is 15.2. The molecule has 1 N–H and O–H groups in total. The maximum atomic E-state index is 13.0. The molecule has 4 rings (SSSR count). The second kappa shape index (κ2) is 8.92. The fourth-order valence-corrected chi connectivity index (χ4v) is 3.60. The third-order valence-electron chi connectivity index (χ3n) is 5.17. The van der Waals surface area contributed by atoms with Crippen molar-refractivity contribution in [2.45, 2.75) is 18.9 Å². The number of fused-ring (bicyclic) bond motifs is 1. The molecule has 2 aromatic carbocycles. The zero-order valence-corrected chi connectivity index (χ0v) is 16.2. The van der Waals surface area contributed by atoms with Crippen LogP contribution in [0.5, 0.6) is 0 Å². The maximum Gasteiger partial charge on any atom is 0.307 e. The average Bonchev–Trinajstić information content (AvgIpc) is 3.20. The number of rotatable bonds is 6. The number of ether oxygens (including phenoxy) is 2. The van der Waals surface area contributed by atoms with Crippen LogP contribution in [0.4, 0.5) is 0 Å². The molecule has 0 aliphatic carbocycles. The lowest BCUT2D eigenvalue weighted by Crippen LogP contribution is -2.44. The van der Waals surface area contributed by atoms with E-state index in [1.165, 1.54) is 0 Å². The van der Waals surface area contributed by atoms with E-state index in [0.29, 0.717) is 38.3 Å². The van der Waals surface area contributed by atoms with Crippen molar-refractivity contribution in [1.82, 2.24) is 9.88 Å². The number of nitrogens with one attached hydrogen (secondary N) is 1. The second-order valence-corrected chi connectivity index (χ2v) is 7.08. The molecule has 0 bridgehead atoms. The molecule has 1 amide bonds. The first-order chi connectivity index (χ1) is 14.2. The van der Waals surface area contributed by atoms with Crippen molar-refractivity contribution in [3.63, 3.8) is 0 Å². The Labute approximate surface area is 169 Å². The Bertz CT molecular complexity index is 977. The van der Waals surface area contributed by atoms with Gasteiger partial charge in [0.15, 0.2) is 0 Å². The molecule has 29 heavy (non-hydrogen) atoms. The number of esters is 1. The first-order valence-corrected chi connectivity index (χ1v) is 9.88. The lowest BCUT2D eigenvalue weighted by Gasteiger charge is -2.30. The van der Waals surface area contributed by atoms with Crippen LogP contribution in [-0.2, 0) is 25.5 Å². The summed E-state index contributed by atoms with van der Waals surface area (Å²) in [4.78, 5) is 30.6. The largest absolute Gasteiger partial charge is 0.447 e. The van der Waals surface area contributed by atoms with E-state index in [1.54, 1.807) is 4.90 Å². The van der Waals surface area contributed by atoms with Crippen molar-refractivity contribution in [2.75, 3.05) is 26.3 Å². The molecule has 1 aliphatic rings. The van der Waals surface area contributed by atoms with Crippen LogP contribution < -0.4 is 0 Å². The van der Waals surface area contributed by atoms with Crippen LogP contribution in [0.1, 0.15) is 23.7 Å². The predicted octanol–water partition coefficient (Wildman–Crippen LogP) is 3.24. The van der Waals surface area contributed by atoms with Crippen LogP contribution in [0.3, 0.4) is 0 Å². The molecule has 0 radical (unpaired) electrons. The van der Waals surface area contributed by atoms with Crippen LogP contribution in [0, 0.1) is 0 Å². The van der Waals surface area contributed by atoms with Gasteiger partial charge in [-0.3, -0.25) is 9.59 Å². The van der Waals surface area contributed by atoms with Gasteiger partial charge in [-0.15, -0.1) is 0 Å². The fourth-order valence-electron chi connectivity index (χ4n) is 3.60. The number of benzene rings is 2. The average molecular weight is 392 g/mol. The van der Waals surface area contributed by atoms with E-state index in [4.69, 9.17) is 9.47 Å². The topological polar surface area (TPSA) is 71.6 Å². The Balaban J connectivity index is 1.45. The quantitative estimate of drug-likeness (QED) is 0.654. The van der Waals surface area contributed by atoms with Gasteiger partial charge in [-0.1, -0.05) is 48.5 Å². The molecule has 6 nitrogen and oxygen atoms in total. The van der Waals surface area contributed by atoms with Crippen molar-refractivity contribution in [3.05, 3.63) is 71.9 Å². The predicted molar refractivity (Wildman–Crippen MR) is 109 cm³/mol. The third-order valence-corrected chi connectivity index (χ3v) is 5.17. The summed E-state index contributed by atoms with van der Waals surface area (Å²) in [5, 5.41) is 1.10. The molecule has 0 unspecified atom stereocenters. The molecule has 1 atom stereocenters. The number of amides is 1. The minimum absolute atomic E-state index is 0.194. The van der Waals surface area contributed by atoms with E-state index in [9.17, 15) is 9.59 Å². The van der Waals surface area contributed by atoms with Gasteiger partial charge in [0.05, 0.1) is 13.2 Å². The summed E-state index contributed by atoms with van der Waals surface area (Å²) in [5.41, 5.74) is 2.79. The highest BCUT2D eigenvalue weighted by Crippen LogP contribution is 2.23. The van der Waals surface area contributed by atoms with Gasteiger partial charge in [-0.25, -0.2) is 0 Å². The molecule has 0 spiro atoms. The summed E-state index contributed by atoms with van der Waals surface area (Å²) >= 11 is 0. The van der Waals surface area contributed by atoms with E-state index in [2.05, 4.69) is 4.98 Å². The molecule has 0 saturated carbocycles. The fraction of sp³-hybridized carbons (Fsp3) is 0.304. The zero-order valence-electron chi connectivity index (χ0n) is 16.2. The highest BCUT2D eigenvalue weighted by atomic mass is 16.5. The highest BCUT2D eigenvalue weighted by Gasteiger charge is 2.30. The lowest BCUT2D eigenvalue weighted by molar-refractivity contribution is -0.162. The van der Waals surface area contributed by atoms with Gasteiger partial charge in [-0.2, -0.15) is 0 Å². The number of hydrogen-bond donors (Lipinski definition) is 1. The minimum atomic E-state index is -0.926. The van der Waals surface area contributed by atoms with Crippen LogP contribution >= 0.6 is 0 Å². The molecule has 1 fully saturated rings. The van der Waals surface area contributed by atoms with Crippen molar-refractivity contribution in [1.29, 1.82) is 0 Å². The van der Waals surface area contributed by atoms with Crippen LogP contribution in [0.25, 0.3) is 10.9 Å². The smallest absolute Gasteiger partial charge is 0.307 e. The van der Waals surface area contributed by atoms with Gasteiger partial charge >= 0.3 is 5.97 Å². The van der Waals surface area contributed by atoms with E-state index in [1.807, 2.05) is 60.8 Å². The first kappa shape index (κ1) is 19.2. The summed E-state index contributed by atoms with van der Waals surface area (Å²) in [6, 6.07) is 17.2. The van der Waals surface area contributed by atoms with E-state index < -0.39 is 6.10 Å². The molecule has 150 valence electrons.